The number of methoxy groups -OCH3 is 2. The number of rotatable bonds is 5. The minimum Gasteiger partial charge on any atom is -0.480 e. The molecule has 1 aromatic heterocycles. The Morgan fingerprint density at radius 3 is 2.50 bits per heavy atom. The van der Waals surface area contributed by atoms with Gasteiger partial charge in [0.1, 0.15) is 0 Å². The molecule has 0 fully saturated rings. The van der Waals surface area contributed by atoms with E-state index in [1.54, 1.807) is 13.3 Å². The van der Waals surface area contributed by atoms with E-state index in [1.807, 2.05) is 32.9 Å². The Bertz CT molecular complexity index is 365. The van der Waals surface area contributed by atoms with E-state index in [4.69, 9.17) is 15.2 Å². The predicted molar refractivity (Wildman–Crippen MR) is 73.8 cm³/mol. The van der Waals surface area contributed by atoms with Crippen LogP contribution >= 0.6 is 0 Å². The lowest BCUT2D eigenvalue weighted by atomic mass is 10.2. The Labute approximate surface area is 109 Å². The number of nitrogens with zero attached hydrogens (tertiary/aromatic N) is 2. The van der Waals surface area contributed by atoms with Crippen LogP contribution < -0.4 is 15.2 Å². The molecule has 0 radical (unpaired) electrons. The van der Waals surface area contributed by atoms with Crippen molar-refractivity contribution >= 4 is 6.08 Å². The quantitative estimate of drug-likeness (QED) is 0.871. The maximum absolute atomic E-state index is 5.64. The van der Waals surface area contributed by atoms with Crippen LogP contribution in [-0.4, -0.2) is 30.2 Å². The number of aromatic nitrogens is 2. The molecule has 0 saturated carbocycles. The third-order valence-electron chi connectivity index (χ3n) is 1.94. The number of hydrogen-bond acceptors (Lipinski definition) is 5. The minimum atomic E-state index is 0.140. The van der Waals surface area contributed by atoms with Gasteiger partial charge in [-0.1, -0.05) is 26.0 Å². The number of nitrogens with two attached hydrogens (primary N) is 1. The maximum atomic E-state index is 5.64. The van der Waals surface area contributed by atoms with E-state index < -0.39 is 0 Å². The van der Waals surface area contributed by atoms with Gasteiger partial charge in [0, 0.05) is 12.2 Å². The van der Waals surface area contributed by atoms with Gasteiger partial charge in [0.15, 0.2) is 0 Å². The molecule has 0 saturated heterocycles. The largest absolute Gasteiger partial charge is 0.480 e. The summed E-state index contributed by atoms with van der Waals surface area (Å²) < 4.78 is 10.0. The highest BCUT2D eigenvalue weighted by Gasteiger charge is 2.04. The Morgan fingerprint density at radius 1 is 1.33 bits per heavy atom. The molecule has 0 aliphatic heterocycles. The van der Waals surface area contributed by atoms with Gasteiger partial charge < -0.3 is 15.2 Å². The molecule has 0 bridgehead atoms. The Hall–Kier alpha value is -1.62. The summed E-state index contributed by atoms with van der Waals surface area (Å²) in [6, 6.07) is 0.433. The lowest BCUT2D eigenvalue weighted by Gasteiger charge is -2.05. The molecule has 0 amide bonds. The van der Waals surface area contributed by atoms with Gasteiger partial charge in [0.25, 0.3) is 0 Å². The Balaban J connectivity index is 0.00000137. The molecular formula is C13H23N3O2. The molecule has 5 nitrogen and oxygen atoms in total. The van der Waals surface area contributed by atoms with Crippen LogP contribution in [0.1, 0.15) is 32.8 Å². The smallest absolute Gasteiger partial charge is 0.319 e. The maximum Gasteiger partial charge on any atom is 0.319 e. The second kappa shape index (κ2) is 9.41. The van der Waals surface area contributed by atoms with Crippen molar-refractivity contribution in [2.75, 3.05) is 14.2 Å². The molecule has 0 aromatic carbocycles. The SMILES string of the molecule is CC.COc1ncc(/C=C/CC(C)N)c(OC)n1. The average Bonchev–Trinajstić information content (AvgIpc) is 2.41. The molecule has 0 aliphatic rings. The van der Waals surface area contributed by atoms with Crippen LogP contribution in [0.4, 0.5) is 0 Å². The summed E-state index contributed by atoms with van der Waals surface area (Å²) >= 11 is 0. The van der Waals surface area contributed by atoms with Gasteiger partial charge in [-0.25, -0.2) is 4.98 Å². The van der Waals surface area contributed by atoms with E-state index in [-0.39, 0.29) is 6.04 Å². The van der Waals surface area contributed by atoms with Crippen molar-refractivity contribution in [2.45, 2.75) is 33.2 Å². The minimum absolute atomic E-state index is 0.140. The molecular weight excluding hydrogens is 230 g/mol. The average molecular weight is 253 g/mol. The van der Waals surface area contributed by atoms with Crippen molar-refractivity contribution in [3.05, 3.63) is 17.8 Å². The van der Waals surface area contributed by atoms with Crippen LogP contribution in [0.2, 0.25) is 0 Å². The molecule has 102 valence electrons. The Morgan fingerprint density at radius 2 is 2.00 bits per heavy atom. The fourth-order valence-electron chi connectivity index (χ4n) is 1.15. The first-order chi connectivity index (χ1) is 8.67. The summed E-state index contributed by atoms with van der Waals surface area (Å²) in [5.74, 6) is 0.493. The van der Waals surface area contributed by atoms with Gasteiger partial charge in [-0.05, 0) is 13.3 Å². The molecule has 1 heterocycles. The highest BCUT2D eigenvalue weighted by Crippen LogP contribution is 2.18. The monoisotopic (exact) mass is 253 g/mol. The number of hydrogen-bond donors (Lipinski definition) is 1. The van der Waals surface area contributed by atoms with Crippen molar-refractivity contribution in [1.29, 1.82) is 0 Å². The summed E-state index contributed by atoms with van der Waals surface area (Å²) in [7, 11) is 3.07. The molecule has 0 aliphatic carbocycles. The molecule has 5 heteroatoms. The molecule has 1 unspecified atom stereocenters. The fraction of sp³-hybridized carbons (Fsp3) is 0.538. The third kappa shape index (κ3) is 5.63. The van der Waals surface area contributed by atoms with E-state index >= 15 is 0 Å². The highest BCUT2D eigenvalue weighted by atomic mass is 16.5. The lowest BCUT2D eigenvalue weighted by Crippen LogP contribution is -2.12. The van der Waals surface area contributed by atoms with Crippen LogP contribution in [0.5, 0.6) is 11.9 Å². The summed E-state index contributed by atoms with van der Waals surface area (Å²) in [6.07, 6.45) is 6.32. The number of ether oxygens (including phenoxy) is 2. The first kappa shape index (κ1) is 16.4. The fourth-order valence-corrected chi connectivity index (χ4v) is 1.15. The second-order valence-corrected chi connectivity index (χ2v) is 3.44. The van der Waals surface area contributed by atoms with Crippen molar-refractivity contribution in [2.24, 2.45) is 5.73 Å². The third-order valence-corrected chi connectivity index (χ3v) is 1.94. The van der Waals surface area contributed by atoms with Gasteiger partial charge in [-0.2, -0.15) is 4.98 Å². The van der Waals surface area contributed by atoms with Crippen molar-refractivity contribution in [3.63, 3.8) is 0 Å². The second-order valence-electron chi connectivity index (χ2n) is 3.44. The van der Waals surface area contributed by atoms with Gasteiger partial charge in [-0.15, -0.1) is 0 Å². The molecule has 18 heavy (non-hydrogen) atoms. The molecule has 2 N–H and O–H groups in total. The van der Waals surface area contributed by atoms with Gasteiger partial charge in [-0.3, -0.25) is 0 Å². The zero-order chi connectivity index (χ0) is 14.0. The van der Waals surface area contributed by atoms with Gasteiger partial charge >= 0.3 is 6.01 Å². The van der Waals surface area contributed by atoms with E-state index in [0.29, 0.717) is 11.9 Å². The first-order valence-electron chi connectivity index (χ1n) is 6.04. The van der Waals surface area contributed by atoms with Crippen molar-refractivity contribution in [1.82, 2.24) is 9.97 Å². The standard InChI is InChI=1S/C11H17N3O2.C2H6/c1-8(12)5-4-6-9-7-13-11(16-3)14-10(9)15-2;1-2/h4,6-8H,5,12H2,1-3H3;1-2H3/b6-4+;. The zero-order valence-electron chi connectivity index (χ0n) is 11.8. The van der Waals surface area contributed by atoms with Crippen molar-refractivity contribution < 1.29 is 9.47 Å². The summed E-state index contributed by atoms with van der Waals surface area (Å²) in [4.78, 5) is 8.08. The normalized spacial score (nSPS) is 11.7. The van der Waals surface area contributed by atoms with E-state index in [9.17, 15) is 0 Å². The van der Waals surface area contributed by atoms with Crippen LogP contribution in [0, 0.1) is 0 Å². The first-order valence-corrected chi connectivity index (χ1v) is 6.04. The molecule has 0 spiro atoms. The van der Waals surface area contributed by atoms with Crippen LogP contribution in [0.25, 0.3) is 6.08 Å². The topological polar surface area (TPSA) is 70.3 Å². The van der Waals surface area contributed by atoms with Gasteiger partial charge in [0.2, 0.25) is 5.88 Å². The van der Waals surface area contributed by atoms with E-state index in [0.717, 1.165) is 12.0 Å². The van der Waals surface area contributed by atoms with Gasteiger partial charge in [0.05, 0.1) is 19.8 Å². The van der Waals surface area contributed by atoms with E-state index in [1.165, 1.54) is 7.11 Å². The summed E-state index contributed by atoms with van der Waals surface area (Å²) in [5.41, 5.74) is 6.45. The molecule has 1 rings (SSSR count). The van der Waals surface area contributed by atoms with Crippen LogP contribution in [-0.2, 0) is 0 Å². The molecule has 1 aromatic rings. The van der Waals surface area contributed by atoms with E-state index in [2.05, 4.69) is 9.97 Å². The lowest BCUT2D eigenvalue weighted by molar-refractivity contribution is 0.351. The molecule has 1 atom stereocenters. The van der Waals surface area contributed by atoms with Crippen LogP contribution in [0.15, 0.2) is 12.3 Å². The summed E-state index contributed by atoms with van der Waals surface area (Å²) in [6.45, 7) is 5.95. The summed E-state index contributed by atoms with van der Waals surface area (Å²) in [5, 5.41) is 0. The van der Waals surface area contributed by atoms with Crippen LogP contribution in [0.3, 0.4) is 0 Å². The van der Waals surface area contributed by atoms with Crippen molar-refractivity contribution in [3.8, 4) is 11.9 Å². The Kier molecular flexibility index (Phi) is 8.57. The highest BCUT2D eigenvalue weighted by molar-refractivity contribution is 5.53. The zero-order valence-corrected chi connectivity index (χ0v) is 11.8. The predicted octanol–water partition coefficient (Wildman–Crippen LogP) is 2.27.